The van der Waals surface area contributed by atoms with Crippen molar-refractivity contribution in [3.05, 3.63) is 58.3 Å². The predicted octanol–water partition coefficient (Wildman–Crippen LogP) is 4.92. The number of hydrogen-bond donors (Lipinski definition) is 0. The van der Waals surface area contributed by atoms with Crippen LogP contribution in [-0.4, -0.2) is 34.0 Å². The van der Waals surface area contributed by atoms with Gasteiger partial charge in [0, 0.05) is 53.8 Å². The number of carbonyl (C=O) groups excluding carboxylic acids is 1. The summed E-state index contributed by atoms with van der Waals surface area (Å²) in [7, 11) is 0. The topological polar surface area (TPSA) is 42.4 Å². The second kappa shape index (κ2) is 8.07. The Balaban J connectivity index is 1.37. The van der Waals surface area contributed by atoms with Crippen LogP contribution in [0.4, 0.5) is 0 Å². The molecule has 0 N–H and O–H groups in total. The summed E-state index contributed by atoms with van der Waals surface area (Å²) < 4.78 is 6.11. The average Bonchev–Trinajstić information content (AvgIpc) is 2.93. The molecule has 142 valence electrons. The number of ether oxygens (including phenoxy) is 1. The molecular weight excluding hydrogens is 383 g/mol. The third kappa shape index (κ3) is 4.07. The molecule has 1 amide bonds. The maximum atomic E-state index is 12.9. The molecule has 2 aromatic rings. The number of amides is 1. The van der Waals surface area contributed by atoms with Crippen molar-refractivity contribution in [3.8, 4) is 5.75 Å². The molecule has 4 rings (SSSR count). The van der Waals surface area contributed by atoms with E-state index < -0.39 is 0 Å². The molecular formula is C21H22Cl2N2O2. The summed E-state index contributed by atoms with van der Waals surface area (Å²) in [6.45, 7) is 0. The minimum absolute atomic E-state index is 0.159. The van der Waals surface area contributed by atoms with Gasteiger partial charge in [-0.1, -0.05) is 29.3 Å². The Kier molecular flexibility index (Phi) is 5.55. The smallest absolute Gasteiger partial charge is 0.223 e. The lowest BCUT2D eigenvalue weighted by Crippen LogP contribution is -2.49. The van der Waals surface area contributed by atoms with Crippen LogP contribution in [0.15, 0.2) is 42.7 Å². The van der Waals surface area contributed by atoms with Crippen LogP contribution in [0.3, 0.4) is 0 Å². The first-order valence-electron chi connectivity index (χ1n) is 9.42. The first-order valence-corrected chi connectivity index (χ1v) is 10.2. The van der Waals surface area contributed by atoms with Gasteiger partial charge in [-0.2, -0.15) is 0 Å². The molecule has 1 aromatic heterocycles. The standard InChI is InChI=1S/C21H22Cl2N2O2/c22-19-2-1-3-20(23)18(19)6-7-21(26)25-14-4-5-15(25)13-17(12-14)27-16-8-10-24-11-9-16/h1-3,8-11,14-15,17H,4-7,12-13H2. The van der Waals surface area contributed by atoms with Crippen molar-refractivity contribution in [2.45, 2.75) is 56.7 Å². The van der Waals surface area contributed by atoms with Crippen molar-refractivity contribution in [2.24, 2.45) is 0 Å². The molecule has 6 heteroatoms. The number of halogens is 2. The molecule has 0 aliphatic carbocycles. The number of benzene rings is 1. The van der Waals surface area contributed by atoms with E-state index >= 15 is 0 Å². The summed E-state index contributed by atoms with van der Waals surface area (Å²) in [5.74, 6) is 1.04. The molecule has 4 nitrogen and oxygen atoms in total. The third-order valence-electron chi connectivity index (χ3n) is 5.58. The van der Waals surface area contributed by atoms with Crippen molar-refractivity contribution in [1.82, 2.24) is 9.88 Å². The van der Waals surface area contributed by atoms with E-state index in [1.807, 2.05) is 30.3 Å². The van der Waals surface area contributed by atoms with E-state index in [1.165, 1.54) is 0 Å². The summed E-state index contributed by atoms with van der Waals surface area (Å²) in [4.78, 5) is 19.0. The number of piperidine rings is 1. The Hall–Kier alpha value is -1.78. The number of pyridine rings is 1. The largest absolute Gasteiger partial charge is 0.490 e. The average molecular weight is 405 g/mol. The van der Waals surface area contributed by atoms with E-state index in [0.717, 1.165) is 37.0 Å². The van der Waals surface area contributed by atoms with Gasteiger partial charge >= 0.3 is 0 Å². The fourth-order valence-corrected chi connectivity index (χ4v) is 4.96. The molecule has 27 heavy (non-hydrogen) atoms. The van der Waals surface area contributed by atoms with Crippen LogP contribution in [0.2, 0.25) is 10.0 Å². The van der Waals surface area contributed by atoms with Crippen molar-refractivity contribution in [2.75, 3.05) is 0 Å². The SMILES string of the molecule is O=C(CCc1c(Cl)cccc1Cl)N1C2CCC1CC(Oc1ccncc1)C2. The molecule has 0 radical (unpaired) electrons. The minimum atomic E-state index is 0.159. The first kappa shape index (κ1) is 18.6. The molecule has 2 saturated heterocycles. The van der Waals surface area contributed by atoms with E-state index in [9.17, 15) is 4.79 Å². The summed E-state index contributed by atoms with van der Waals surface area (Å²) in [6.07, 6.45) is 8.53. The predicted molar refractivity (Wildman–Crippen MR) is 106 cm³/mol. The van der Waals surface area contributed by atoms with Gasteiger partial charge in [0.1, 0.15) is 11.9 Å². The van der Waals surface area contributed by atoms with Gasteiger partial charge in [-0.05, 0) is 49.1 Å². The Bertz CT molecular complexity index is 781. The maximum Gasteiger partial charge on any atom is 0.223 e. The number of carbonyl (C=O) groups is 1. The maximum absolute atomic E-state index is 12.9. The zero-order chi connectivity index (χ0) is 18.8. The monoisotopic (exact) mass is 404 g/mol. The van der Waals surface area contributed by atoms with Gasteiger partial charge in [0.2, 0.25) is 5.91 Å². The number of nitrogens with zero attached hydrogens (tertiary/aromatic N) is 2. The Morgan fingerprint density at radius 1 is 1.07 bits per heavy atom. The highest BCUT2D eigenvalue weighted by Crippen LogP contribution is 2.38. The fourth-order valence-electron chi connectivity index (χ4n) is 4.37. The second-order valence-corrected chi connectivity index (χ2v) is 8.09. The third-order valence-corrected chi connectivity index (χ3v) is 6.29. The molecule has 2 fully saturated rings. The molecule has 2 aliphatic rings. The van der Waals surface area contributed by atoms with E-state index in [2.05, 4.69) is 9.88 Å². The van der Waals surface area contributed by atoms with E-state index in [1.54, 1.807) is 12.4 Å². The van der Waals surface area contributed by atoms with Crippen LogP contribution >= 0.6 is 23.2 Å². The highest BCUT2D eigenvalue weighted by molar-refractivity contribution is 6.36. The van der Waals surface area contributed by atoms with E-state index in [-0.39, 0.29) is 24.1 Å². The van der Waals surface area contributed by atoms with E-state index in [0.29, 0.717) is 22.9 Å². The highest BCUT2D eigenvalue weighted by Gasteiger charge is 2.43. The normalized spacial score (nSPS) is 24.1. The van der Waals surface area contributed by atoms with Crippen molar-refractivity contribution in [1.29, 1.82) is 0 Å². The number of hydrogen-bond acceptors (Lipinski definition) is 3. The lowest BCUT2D eigenvalue weighted by Gasteiger charge is -2.39. The van der Waals surface area contributed by atoms with Crippen molar-refractivity contribution in [3.63, 3.8) is 0 Å². The second-order valence-electron chi connectivity index (χ2n) is 7.28. The number of aromatic nitrogens is 1. The lowest BCUT2D eigenvalue weighted by molar-refractivity contribution is -0.137. The van der Waals surface area contributed by atoms with Gasteiger partial charge in [-0.3, -0.25) is 9.78 Å². The summed E-state index contributed by atoms with van der Waals surface area (Å²) in [5, 5.41) is 1.26. The summed E-state index contributed by atoms with van der Waals surface area (Å²) in [6, 6.07) is 9.76. The molecule has 0 saturated carbocycles. The fraction of sp³-hybridized carbons (Fsp3) is 0.429. The van der Waals surface area contributed by atoms with Gasteiger partial charge in [0.25, 0.3) is 0 Å². The first-order chi connectivity index (χ1) is 13.1. The van der Waals surface area contributed by atoms with Crippen LogP contribution in [0.5, 0.6) is 5.75 Å². The molecule has 3 heterocycles. The molecule has 1 aromatic carbocycles. The summed E-state index contributed by atoms with van der Waals surface area (Å²) in [5.41, 5.74) is 0.859. The van der Waals surface area contributed by atoms with Crippen LogP contribution < -0.4 is 4.74 Å². The molecule has 2 unspecified atom stereocenters. The number of rotatable bonds is 5. The zero-order valence-corrected chi connectivity index (χ0v) is 16.5. The Morgan fingerprint density at radius 2 is 1.70 bits per heavy atom. The quantitative estimate of drug-likeness (QED) is 0.709. The number of fused-ring (bicyclic) bond motifs is 2. The highest BCUT2D eigenvalue weighted by atomic mass is 35.5. The van der Waals surface area contributed by atoms with Gasteiger partial charge in [-0.25, -0.2) is 0 Å². The summed E-state index contributed by atoms with van der Waals surface area (Å²) >= 11 is 12.5. The molecule has 2 aliphatic heterocycles. The van der Waals surface area contributed by atoms with Crippen LogP contribution in [0.25, 0.3) is 0 Å². The van der Waals surface area contributed by atoms with Gasteiger partial charge in [0.05, 0.1) is 0 Å². The lowest BCUT2D eigenvalue weighted by atomic mass is 9.98. The van der Waals surface area contributed by atoms with E-state index in [4.69, 9.17) is 27.9 Å². The van der Waals surface area contributed by atoms with Gasteiger partial charge in [-0.15, -0.1) is 0 Å². The van der Waals surface area contributed by atoms with Crippen molar-refractivity contribution < 1.29 is 9.53 Å². The van der Waals surface area contributed by atoms with Gasteiger partial charge < -0.3 is 9.64 Å². The van der Waals surface area contributed by atoms with Crippen LogP contribution in [0.1, 0.15) is 37.7 Å². The minimum Gasteiger partial charge on any atom is -0.490 e. The Morgan fingerprint density at radius 3 is 2.33 bits per heavy atom. The van der Waals surface area contributed by atoms with Crippen LogP contribution in [0, 0.1) is 0 Å². The Labute approximate surface area is 169 Å². The van der Waals surface area contributed by atoms with Crippen molar-refractivity contribution >= 4 is 29.1 Å². The molecule has 2 bridgehead atoms. The van der Waals surface area contributed by atoms with Crippen LogP contribution in [-0.2, 0) is 11.2 Å². The zero-order valence-electron chi connectivity index (χ0n) is 15.0. The molecule has 2 atom stereocenters. The van der Waals surface area contributed by atoms with Gasteiger partial charge in [0.15, 0.2) is 0 Å². The molecule has 0 spiro atoms.